The first-order valence-electron chi connectivity index (χ1n) is 9.51. The Morgan fingerprint density at radius 1 is 1.23 bits per heavy atom. The highest BCUT2D eigenvalue weighted by Gasteiger charge is 2.39. The number of oxazole rings is 1. The lowest BCUT2D eigenvalue weighted by atomic mass is 10.1. The smallest absolute Gasteiger partial charge is 0.254 e. The van der Waals surface area contributed by atoms with Gasteiger partial charge in [-0.15, -0.1) is 0 Å². The average Bonchev–Trinajstić information content (AvgIpc) is 3.43. The second-order valence-electron chi connectivity index (χ2n) is 7.15. The highest BCUT2D eigenvalue weighted by molar-refractivity contribution is 6.30. The Hall–Kier alpha value is -3.16. The van der Waals surface area contributed by atoms with Crippen molar-refractivity contribution in [2.45, 2.75) is 25.1 Å². The summed E-state index contributed by atoms with van der Waals surface area (Å²) in [4.78, 5) is 31.2. The van der Waals surface area contributed by atoms with Gasteiger partial charge in [0, 0.05) is 35.7 Å². The van der Waals surface area contributed by atoms with Crippen LogP contribution in [0.1, 0.15) is 22.3 Å². The zero-order chi connectivity index (χ0) is 21.1. The first-order valence-corrected chi connectivity index (χ1v) is 9.89. The minimum atomic E-state index is -0.752. The maximum absolute atomic E-state index is 13.1. The van der Waals surface area contributed by atoms with Crippen molar-refractivity contribution in [3.05, 3.63) is 77.3 Å². The summed E-state index contributed by atoms with van der Waals surface area (Å²) in [5, 5.41) is 13.6. The van der Waals surface area contributed by atoms with E-state index in [-0.39, 0.29) is 24.8 Å². The van der Waals surface area contributed by atoms with E-state index >= 15 is 0 Å². The number of hydrogen-bond acceptors (Lipinski definition) is 5. The topological polar surface area (TPSA) is 95.7 Å². The zero-order valence-corrected chi connectivity index (χ0v) is 16.7. The molecule has 1 saturated heterocycles. The minimum Gasteiger partial charge on any atom is -0.444 e. The summed E-state index contributed by atoms with van der Waals surface area (Å²) >= 11 is 5.88. The number of carbonyl (C=O) groups excluding carboxylic acids is 2. The van der Waals surface area contributed by atoms with Crippen molar-refractivity contribution in [2.75, 3.05) is 6.54 Å². The maximum Gasteiger partial charge on any atom is 0.254 e. The van der Waals surface area contributed by atoms with Crippen molar-refractivity contribution in [3.63, 3.8) is 0 Å². The van der Waals surface area contributed by atoms with E-state index in [0.717, 1.165) is 5.56 Å². The molecule has 4 rings (SSSR count). The second kappa shape index (κ2) is 8.69. The molecule has 1 aliphatic rings. The molecule has 7 nitrogen and oxygen atoms in total. The fraction of sp³-hybridized carbons (Fsp3) is 0.227. The van der Waals surface area contributed by atoms with Crippen molar-refractivity contribution in [3.8, 4) is 11.3 Å². The van der Waals surface area contributed by atoms with Crippen molar-refractivity contribution >= 4 is 23.4 Å². The summed E-state index contributed by atoms with van der Waals surface area (Å²) in [5.74, 6) is -0.0795. The summed E-state index contributed by atoms with van der Waals surface area (Å²) in [7, 11) is 0. The first kappa shape index (κ1) is 20.1. The van der Waals surface area contributed by atoms with Crippen LogP contribution in [0.3, 0.4) is 0 Å². The van der Waals surface area contributed by atoms with Crippen molar-refractivity contribution < 1.29 is 19.1 Å². The van der Waals surface area contributed by atoms with E-state index in [2.05, 4.69) is 10.3 Å². The number of halogens is 1. The summed E-state index contributed by atoms with van der Waals surface area (Å²) in [6, 6.07) is 13.3. The van der Waals surface area contributed by atoms with Gasteiger partial charge < -0.3 is 19.7 Å². The molecule has 0 saturated carbocycles. The molecule has 1 aliphatic heterocycles. The number of rotatable bonds is 5. The van der Waals surface area contributed by atoms with Crippen LogP contribution in [0.5, 0.6) is 0 Å². The Morgan fingerprint density at radius 3 is 2.77 bits per heavy atom. The Labute approximate surface area is 178 Å². The number of hydrogen-bond donors (Lipinski definition) is 2. The summed E-state index contributed by atoms with van der Waals surface area (Å²) in [6.45, 7) is 0.413. The predicted octanol–water partition coefficient (Wildman–Crippen LogP) is 2.89. The van der Waals surface area contributed by atoms with Crippen LogP contribution in [-0.2, 0) is 11.3 Å². The molecular weight excluding hydrogens is 406 g/mol. The Morgan fingerprint density at radius 2 is 2.03 bits per heavy atom. The van der Waals surface area contributed by atoms with E-state index in [9.17, 15) is 14.7 Å². The van der Waals surface area contributed by atoms with Gasteiger partial charge in [0.05, 0.1) is 12.3 Å². The molecule has 154 valence electrons. The van der Waals surface area contributed by atoms with Crippen LogP contribution in [0, 0.1) is 0 Å². The third kappa shape index (κ3) is 4.37. The molecule has 2 atom stereocenters. The molecular formula is C22H20ClN3O4. The number of amides is 2. The lowest BCUT2D eigenvalue weighted by Gasteiger charge is -2.24. The minimum absolute atomic E-state index is 0.102. The number of likely N-dealkylation sites (tertiary alicyclic amines) is 1. The Bertz CT molecular complexity index is 1040. The molecule has 2 aromatic carbocycles. The molecule has 30 heavy (non-hydrogen) atoms. The lowest BCUT2D eigenvalue weighted by molar-refractivity contribution is -0.125. The van der Waals surface area contributed by atoms with Gasteiger partial charge >= 0.3 is 0 Å². The fourth-order valence-electron chi connectivity index (χ4n) is 3.53. The van der Waals surface area contributed by atoms with Gasteiger partial charge in [0.25, 0.3) is 5.91 Å². The van der Waals surface area contributed by atoms with Gasteiger partial charge in [0.15, 0.2) is 12.2 Å². The van der Waals surface area contributed by atoms with E-state index in [4.69, 9.17) is 16.0 Å². The SMILES string of the molecule is O=C(NCc1ccc(Cl)cc1)[C@@H]1C[C@@H](O)CN1C(=O)c1cccc(-c2cnco2)c1. The van der Waals surface area contributed by atoms with Crippen LogP contribution in [0.2, 0.25) is 5.02 Å². The molecule has 8 heteroatoms. The number of nitrogens with zero attached hydrogens (tertiary/aromatic N) is 2. The zero-order valence-electron chi connectivity index (χ0n) is 16.0. The molecule has 3 aromatic rings. The highest BCUT2D eigenvalue weighted by Crippen LogP contribution is 2.24. The number of nitrogens with one attached hydrogen (secondary N) is 1. The number of carbonyl (C=O) groups is 2. The summed E-state index contributed by atoms with van der Waals surface area (Å²) in [5.41, 5.74) is 2.01. The number of aliphatic hydroxyl groups excluding tert-OH is 1. The van der Waals surface area contributed by atoms with Crippen molar-refractivity contribution in [1.82, 2.24) is 15.2 Å². The van der Waals surface area contributed by atoms with Crippen LogP contribution < -0.4 is 5.32 Å². The fourth-order valence-corrected chi connectivity index (χ4v) is 3.65. The van der Waals surface area contributed by atoms with Crippen molar-refractivity contribution in [2.24, 2.45) is 0 Å². The number of benzene rings is 2. The molecule has 1 aromatic heterocycles. The number of aromatic nitrogens is 1. The first-order chi connectivity index (χ1) is 14.5. The molecule has 0 bridgehead atoms. The van der Waals surface area contributed by atoms with E-state index in [0.29, 0.717) is 28.5 Å². The van der Waals surface area contributed by atoms with E-state index < -0.39 is 12.1 Å². The van der Waals surface area contributed by atoms with Gasteiger partial charge in [-0.1, -0.05) is 35.9 Å². The lowest BCUT2D eigenvalue weighted by Crippen LogP contribution is -2.45. The van der Waals surface area contributed by atoms with Gasteiger partial charge in [-0.05, 0) is 29.8 Å². The third-order valence-corrected chi connectivity index (χ3v) is 5.30. The molecule has 0 unspecified atom stereocenters. The molecule has 0 radical (unpaired) electrons. The normalized spacial score (nSPS) is 18.4. The standard InChI is InChI=1S/C22H20ClN3O4/c23-17-6-4-14(5-7-17)10-25-21(28)19-9-18(27)12-26(19)22(29)16-3-1-2-15(8-16)20-11-24-13-30-20/h1-8,11,13,18-19,27H,9-10,12H2,(H,25,28)/t18-,19+/m1/s1. The van der Waals surface area contributed by atoms with E-state index in [1.807, 2.05) is 18.2 Å². The van der Waals surface area contributed by atoms with Crippen LogP contribution >= 0.6 is 11.6 Å². The molecule has 2 heterocycles. The average molecular weight is 426 g/mol. The van der Waals surface area contributed by atoms with Crippen LogP contribution in [0.25, 0.3) is 11.3 Å². The Kier molecular flexibility index (Phi) is 5.83. The van der Waals surface area contributed by atoms with Crippen molar-refractivity contribution in [1.29, 1.82) is 0 Å². The summed E-state index contributed by atoms with van der Waals surface area (Å²) in [6.07, 6.45) is 2.33. The van der Waals surface area contributed by atoms with E-state index in [1.54, 1.807) is 36.5 Å². The number of β-amino-alcohol motifs (C(OH)–C–C–N with tert-alkyl or cyclic N) is 1. The maximum atomic E-state index is 13.1. The second-order valence-corrected chi connectivity index (χ2v) is 7.59. The number of aliphatic hydroxyl groups is 1. The summed E-state index contributed by atoms with van der Waals surface area (Å²) < 4.78 is 5.29. The molecule has 2 N–H and O–H groups in total. The predicted molar refractivity (Wildman–Crippen MR) is 111 cm³/mol. The molecule has 1 fully saturated rings. The van der Waals surface area contributed by atoms with Gasteiger partial charge in [-0.3, -0.25) is 9.59 Å². The van der Waals surface area contributed by atoms with Crippen LogP contribution in [0.4, 0.5) is 0 Å². The monoisotopic (exact) mass is 425 g/mol. The van der Waals surface area contributed by atoms with Gasteiger partial charge in [0.1, 0.15) is 6.04 Å². The molecule has 2 amide bonds. The third-order valence-electron chi connectivity index (χ3n) is 5.05. The highest BCUT2D eigenvalue weighted by atomic mass is 35.5. The van der Waals surface area contributed by atoms with Gasteiger partial charge in [0.2, 0.25) is 5.91 Å². The largest absolute Gasteiger partial charge is 0.444 e. The van der Waals surface area contributed by atoms with Gasteiger partial charge in [-0.2, -0.15) is 0 Å². The Balaban J connectivity index is 1.48. The van der Waals surface area contributed by atoms with E-state index in [1.165, 1.54) is 11.3 Å². The quantitative estimate of drug-likeness (QED) is 0.655. The van der Waals surface area contributed by atoms with Gasteiger partial charge in [-0.25, -0.2) is 4.98 Å². The van der Waals surface area contributed by atoms with Crippen LogP contribution in [0.15, 0.2) is 65.5 Å². The molecule has 0 spiro atoms. The van der Waals surface area contributed by atoms with Crippen LogP contribution in [-0.4, -0.2) is 45.5 Å². The molecule has 0 aliphatic carbocycles.